The molecule has 1 aromatic carbocycles. The Morgan fingerprint density at radius 1 is 1.32 bits per heavy atom. The Kier molecular flexibility index (Phi) is 4.11. The molecule has 0 aliphatic carbocycles. The van der Waals surface area contributed by atoms with E-state index in [0.29, 0.717) is 5.16 Å². The minimum absolute atomic E-state index is 0.0347. The van der Waals surface area contributed by atoms with Crippen LogP contribution in [0.3, 0.4) is 0 Å². The standard InChI is InChI=1S/C13H17N3O2S/c1-8(2)16-12(18)14-15-13(16)19-11-7-5-4-6-10(11)9(3)17/h4-9,17H,1-3H3,(H,14,18)/t9-/m1/s1. The molecule has 1 heterocycles. The number of nitrogens with one attached hydrogen (secondary N) is 1. The van der Waals surface area contributed by atoms with Crippen LogP contribution in [0, 0.1) is 0 Å². The van der Waals surface area contributed by atoms with Gasteiger partial charge in [0.05, 0.1) is 6.10 Å². The topological polar surface area (TPSA) is 70.9 Å². The summed E-state index contributed by atoms with van der Waals surface area (Å²) in [4.78, 5) is 12.6. The third-order valence-electron chi connectivity index (χ3n) is 2.76. The van der Waals surface area contributed by atoms with Gasteiger partial charge in [-0.05, 0) is 44.2 Å². The third kappa shape index (κ3) is 2.90. The smallest absolute Gasteiger partial charge is 0.344 e. The second-order valence-corrected chi connectivity index (χ2v) is 5.60. The van der Waals surface area contributed by atoms with Gasteiger partial charge in [0.1, 0.15) is 0 Å². The van der Waals surface area contributed by atoms with E-state index in [0.717, 1.165) is 10.5 Å². The molecule has 102 valence electrons. The van der Waals surface area contributed by atoms with Crippen molar-refractivity contribution >= 4 is 11.8 Å². The lowest BCUT2D eigenvalue weighted by Crippen LogP contribution is -2.19. The lowest BCUT2D eigenvalue weighted by molar-refractivity contribution is 0.196. The summed E-state index contributed by atoms with van der Waals surface area (Å²) in [7, 11) is 0. The summed E-state index contributed by atoms with van der Waals surface area (Å²) in [5, 5.41) is 16.9. The summed E-state index contributed by atoms with van der Waals surface area (Å²) >= 11 is 1.38. The second kappa shape index (κ2) is 5.63. The van der Waals surface area contributed by atoms with Crippen molar-refractivity contribution in [3.05, 3.63) is 40.3 Å². The average molecular weight is 279 g/mol. The average Bonchev–Trinajstić information content (AvgIpc) is 2.71. The van der Waals surface area contributed by atoms with Gasteiger partial charge in [-0.15, -0.1) is 5.10 Å². The minimum Gasteiger partial charge on any atom is -0.389 e. The number of benzene rings is 1. The second-order valence-electron chi connectivity index (χ2n) is 4.59. The fourth-order valence-corrected chi connectivity index (χ4v) is 3.02. The maximum Gasteiger partial charge on any atom is 0.344 e. The molecule has 5 nitrogen and oxygen atoms in total. The maximum atomic E-state index is 11.7. The van der Waals surface area contributed by atoms with E-state index in [9.17, 15) is 9.90 Å². The van der Waals surface area contributed by atoms with Gasteiger partial charge in [-0.25, -0.2) is 9.89 Å². The summed E-state index contributed by atoms with van der Waals surface area (Å²) in [6.45, 7) is 5.59. The number of H-pyrrole nitrogens is 1. The van der Waals surface area contributed by atoms with Crippen molar-refractivity contribution in [3.63, 3.8) is 0 Å². The summed E-state index contributed by atoms with van der Waals surface area (Å²) in [6.07, 6.45) is -0.554. The van der Waals surface area contributed by atoms with Crippen LogP contribution >= 0.6 is 11.8 Å². The van der Waals surface area contributed by atoms with Crippen molar-refractivity contribution in [2.24, 2.45) is 0 Å². The largest absolute Gasteiger partial charge is 0.389 e. The van der Waals surface area contributed by atoms with Crippen LogP contribution in [-0.4, -0.2) is 19.9 Å². The number of nitrogens with zero attached hydrogens (tertiary/aromatic N) is 2. The fourth-order valence-electron chi connectivity index (χ4n) is 1.83. The highest BCUT2D eigenvalue weighted by Crippen LogP contribution is 2.32. The molecule has 0 aliphatic heterocycles. The fraction of sp³-hybridized carbons (Fsp3) is 0.385. The van der Waals surface area contributed by atoms with E-state index >= 15 is 0 Å². The van der Waals surface area contributed by atoms with Gasteiger partial charge < -0.3 is 5.11 Å². The first-order valence-corrected chi connectivity index (χ1v) is 6.94. The predicted molar refractivity (Wildman–Crippen MR) is 74.4 cm³/mol. The summed E-state index contributed by atoms with van der Waals surface area (Å²) in [6, 6.07) is 7.60. The zero-order valence-corrected chi connectivity index (χ0v) is 11.9. The lowest BCUT2D eigenvalue weighted by atomic mass is 10.1. The number of hydrogen-bond donors (Lipinski definition) is 2. The molecule has 0 bridgehead atoms. The van der Waals surface area contributed by atoms with E-state index in [1.165, 1.54) is 11.8 Å². The first-order valence-electron chi connectivity index (χ1n) is 6.12. The van der Waals surface area contributed by atoms with E-state index < -0.39 is 6.10 Å². The predicted octanol–water partition coefficient (Wildman–Crippen LogP) is 2.36. The van der Waals surface area contributed by atoms with Crippen molar-refractivity contribution < 1.29 is 5.11 Å². The van der Waals surface area contributed by atoms with Gasteiger partial charge >= 0.3 is 5.69 Å². The zero-order valence-electron chi connectivity index (χ0n) is 11.1. The number of aliphatic hydroxyl groups excluding tert-OH is 1. The van der Waals surface area contributed by atoms with Crippen LogP contribution in [0.5, 0.6) is 0 Å². The molecule has 2 aromatic rings. The Morgan fingerprint density at radius 2 is 2.00 bits per heavy atom. The molecule has 2 N–H and O–H groups in total. The number of hydrogen-bond acceptors (Lipinski definition) is 4. The minimum atomic E-state index is -0.554. The molecular formula is C13H17N3O2S. The van der Waals surface area contributed by atoms with Crippen LogP contribution < -0.4 is 5.69 Å². The van der Waals surface area contributed by atoms with Crippen LogP contribution in [0.15, 0.2) is 39.1 Å². The van der Waals surface area contributed by atoms with Gasteiger partial charge in [0.15, 0.2) is 5.16 Å². The molecule has 1 atom stereocenters. The Morgan fingerprint density at radius 3 is 2.63 bits per heavy atom. The lowest BCUT2D eigenvalue weighted by Gasteiger charge is -2.12. The molecule has 0 saturated heterocycles. The number of rotatable bonds is 4. The van der Waals surface area contributed by atoms with Gasteiger partial charge in [-0.2, -0.15) is 0 Å². The molecule has 19 heavy (non-hydrogen) atoms. The summed E-state index contributed by atoms with van der Waals surface area (Å²) in [5.41, 5.74) is 0.616. The Hall–Kier alpha value is -1.53. The highest BCUT2D eigenvalue weighted by Gasteiger charge is 2.15. The molecule has 0 unspecified atom stereocenters. The van der Waals surface area contributed by atoms with Crippen LogP contribution in [0.1, 0.15) is 38.5 Å². The van der Waals surface area contributed by atoms with Gasteiger partial charge in [0, 0.05) is 10.9 Å². The van der Waals surface area contributed by atoms with Crippen molar-refractivity contribution in [2.75, 3.05) is 0 Å². The van der Waals surface area contributed by atoms with Crippen molar-refractivity contribution in [2.45, 2.75) is 43.0 Å². The monoisotopic (exact) mass is 279 g/mol. The van der Waals surface area contributed by atoms with Crippen LogP contribution in [-0.2, 0) is 0 Å². The maximum absolute atomic E-state index is 11.7. The van der Waals surface area contributed by atoms with E-state index in [4.69, 9.17) is 0 Å². The SMILES string of the molecule is CC(C)n1c(Sc2ccccc2[C@@H](C)O)n[nH]c1=O. The Labute approximate surface area is 115 Å². The molecule has 0 aliphatic rings. The first-order chi connectivity index (χ1) is 9.00. The molecule has 0 radical (unpaired) electrons. The molecule has 1 aromatic heterocycles. The number of aromatic nitrogens is 3. The van der Waals surface area contributed by atoms with E-state index in [-0.39, 0.29) is 11.7 Å². The Balaban J connectivity index is 2.40. The molecule has 0 amide bonds. The molecule has 2 rings (SSSR count). The Bertz CT molecular complexity index is 616. The highest BCUT2D eigenvalue weighted by atomic mass is 32.2. The molecule has 6 heteroatoms. The van der Waals surface area contributed by atoms with Gasteiger partial charge in [-0.1, -0.05) is 18.2 Å². The normalized spacial score (nSPS) is 12.9. The van der Waals surface area contributed by atoms with Crippen molar-refractivity contribution in [1.29, 1.82) is 0 Å². The van der Waals surface area contributed by atoms with E-state index in [2.05, 4.69) is 10.2 Å². The highest BCUT2D eigenvalue weighted by molar-refractivity contribution is 7.99. The number of aliphatic hydroxyl groups is 1. The molecule has 0 saturated carbocycles. The van der Waals surface area contributed by atoms with Crippen LogP contribution in [0.2, 0.25) is 0 Å². The molecular weight excluding hydrogens is 262 g/mol. The van der Waals surface area contributed by atoms with E-state index in [1.807, 2.05) is 38.1 Å². The summed E-state index contributed by atoms with van der Waals surface area (Å²) in [5.74, 6) is 0. The third-order valence-corrected chi connectivity index (χ3v) is 3.82. The van der Waals surface area contributed by atoms with Crippen molar-refractivity contribution in [3.8, 4) is 0 Å². The van der Waals surface area contributed by atoms with Gasteiger partial charge in [-0.3, -0.25) is 4.57 Å². The van der Waals surface area contributed by atoms with Gasteiger partial charge in [0.2, 0.25) is 0 Å². The van der Waals surface area contributed by atoms with Crippen LogP contribution in [0.25, 0.3) is 0 Å². The zero-order chi connectivity index (χ0) is 14.0. The number of aromatic amines is 1. The summed E-state index contributed by atoms with van der Waals surface area (Å²) < 4.78 is 1.60. The van der Waals surface area contributed by atoms with Gasteiger partial charge in [0.25, 0.3) is 0 Å². The van der Waals surface area contributed by atoms with Crippen molar-refractivity contribution in [1.82, 2.24) is 14.8 Å². The quantitative estimate of drug-likeness (QED) is 0.901. The molecule has 0 spiro atoms. The van der Waals surface area contributed by atoms with Crippen LogP contribution in [0.4, 0.5) is 0 Å². The van der Waals surface area contributed by atoms with E-state index in [1.54, 1.807) is 11.5 Å². The molecule has 0 fully saturated rings. The first kappa shape index (κ1) is 13.9.